The van der Waals surface area contributed by atoms with E-state index in [-0.39, 0.29) is 18.9 Å². The fraction of sp³-hybridized carbons (Fsp3) is 0.500. The average molecular weight is 227 g/mol. The third-order valence-electron chi connectivity index (χ3n) is 2.22. The lowest BCUT2D eigenvalue weighted by atomic mass is 10.1. The molecule has 80 valence electrons. The highest BCUT2D eigenvalue weighted by molar-refractivity contribution is 7.15. The number of carboxylic acid groups (broad SMARTS) is 1. The zero-order valence-electron chi connectivity index (χ0n) is 8.01. The van der Waals surface area contributed by atoms with Crippen LogP contribution in [-0.2, 0) is 9.59 Å². The number of anilines is 1. The lowest BCUT2D eigenvalue weighted by Gasteiger charge is -2.10. The Balaban J connectivity index is 2.18. The number of aryl methyl sites for hydroxylation is 1. The maximum atomic E-state index is 11.5. The van der Waals surface area contributed by atoms with Crippen LogP contribution in [0, 0.1) is 12.8 Å². The normalized spacial score (nSPS) is 21.0. The van der Waals surface area contributed by atoms with E-state index < -0.39 is 11.9 Å². The van der Waals surface area contributed by atoms with Crippen LogP contribution in [0.2, 0.25) is 0 Å². The van der Waals surface area contributed by atoms with E-state index in [1.54, 1.807) is 6.92 Å². The Bertz CT molecular complexity index is 417. The number of carboxylic acids is 1. The Labute approximate surface area is 89.5 Å². The van der Waals surface area contributed by atoms with E-state index >= 15 is 0 Å². The van der Waals surface area contributed by atoms with E-state index in [4.69, 9.17) is 5.11 Å². The van der Waals surface area contributed by atoms with Gasteiger partial charge in [0.1, 0.15) is 5.01 Å². The summed E-state index contributed by atoms with van der Waals surface area (Å²) in [5.41, 5.74) is 0. The van der Waals surface area contributed by atoms with Crippen molar-refractivity contribution in [2.75, 3.05) is 11.4 Å². The molecule has 1 N–H and O–H groups in total. The molecule has 0 aliphatic carbocycles. The topological polar surface area (TPSA) is 83.4 Å². The fourth-order valence-electron chi connectivity index (χ4n) is 1.45. The van der Waals surface area contributed by atoms with E-state index in [9.17, 15) is 9.59 Å². The molecular weight excluding hydrogens is 218 g/mol. The Hall–Kier alpha value is -1.50. The zero-order chi connectivity index (χ0) is 11.0. The molecule has 7 heteroatoms. The highest BCUT2D eigenvalue weighted by atomic mass is 32.1. The van der Waals surface area contributed by atoms with Gasteiger partial charge < -0.3 is 5.11 Å². The smallest absolute Gasteiger partial charge is 0.308 e. The third kappa shape index (κ3) is 1.82. The van der Waals surface area contributed by atoms with Crippen molar-refractivity contribution >= 4 is 28.3 Å². The van der Waals surface area contributed by atoms with E-state index in [1.165, 1.54) is 16.2 Å². The minimum absolute atomic E-state index is 0.0496. The summed E-state index contributed by atoms with van der Waals surface area (Å²) in [5.74, 6) is -1.76. The summed E-state index contributed by atoms with van der Waals surface area (Å²) in [5, 5.41) is 17.7. The van der Waals surface area contributed by atoms with Gasteiger partial charge in [-0.1, -0.05) is 11.3 Å². The van der Waals surface area contributed by atoms with Crippen LogP contribution in [0.4, 0.5) is 5.13 Å². The number of aliphatic carboxylic acids is 1. The SMILES string of the molecule is Cc1nnc(N2CC(C(=O)O)CC2=O)s1. The summed E-state index contributed by atoms with van der Waals surface area (Å²) in [7, 11) is 0. The van der Waals surface area contributed by atoms with Gasteiger partial charge in [-0.15, -0.1) is 10.2 Å². The number of nitrogens with zero attached hydrogens (tertiary/aromatic N) is 3. The predicted molar refractivity (Wildman–Crippen MR) is 52.7 cm³/mol. The van der Waals surface area contributed by atoms with Crippen LogP contribution in [0.25, 0.3) is 0 Å². The first-order valence-corrected chi connectivity index (χ1v) is 5.23. The molecule has 0 saturated carbocycles. The van der Waals surface area contributed by atoms with E-state index in [0.717, 1.165) is 5.01 Å². The molecule has 0 radical (unpaired) electrons. The summed E-state index contributed by atoms with van der Waals surface area (Å²) in [6.07, 6.45) is 0.0496. The molecule has 0 bridgehead atoms. The quantitative estimate of drug-likeness (QED) is 0.784. The van der Waals surface area contributed by atoms with Crippen molar-refractivity contribution in [3.8, 4) is 0 Å². The van der Waals surface area contributed by atoms with Gasteiger partial charge in [-0.3, -0.25) is 14.5 Å². The van der Waals surface area contributed by atoms with Gasteiger partial charge in [0.05, 0.1) is 5.92 Å². The molecule has 0 aromatic carbocycles. The largest absolute Gasteiger partial charge is 0.481 e. The number of hydrogen-bond acceptors (Lipinski definition) is 5. The first kappa shape index (κ1) is 10.0. The van der Waals surface area contributed by atoms with Crippen molar-refractivity contribution in [1.29, 1.82) is 0 Å². The first-order chi connectivity index (χ1) is 7.08. The van der Waals surface area contributed by atoms with Crippen LogP contribution in [0.1, 0.15) is 11.4 Å². The molecule has 1 atom stereocenters. The lowest BCUT2D eigenvalue weighted by molar-refractivity contribution is -0.141. The minimum Gasteiger partial charge on any atom is -0.481 e. The molecule has 2 rings (SSSR count). The van der Waals surface area contributed by atoms with Crippen LogP contribution in [-0.4, -0.2) is 33.7 Å². The molecule has 2 heterocycles. The lowest BCUT2D eigenvalue weighted by Crippen LogP contribution is -2.25. The maximum Gasteiger partial charge on any atom is 0.308 e. The van der Waals surface area contributed by atoms with Crippen molar-refractivity contribution in [3.63, 3.8) is 0 Å². The molecule has 1 aliphatic heterocycles. The van der Waals surface area contributed by atoms with E-state index in [1.807, 2.05) is 0 Å². The zero-order valence-corrected chi connectivity index (χ0v) is 8.82. The molecular formula is C8H9N3O3S. The Kier molecular flexibility index (Phi) is 2.39. The summed E-state index contributed by atoms with van der Waals surface area (Å²) >= 11 is 1.29. The molecule has 1 aromatic heterocycles. The molecule has 1 unspecified atom stereocenters. The minimum atomic E-state index is -0.938. The van der Waals surface area contributed by atoms with Gasteiger partial charge >= 0.3 is 5.97 Å². The predicted octanol–water partition coefficient (Wildman–Crippen LogP) is 0.284. The second kappa shape index (κ2) is 3.58. The van der Waals surface area contributed by atoms with Gasteiger partial charge in [-0.05, 0) is 6.92 Å². The average Bonchev–Trinajstić information content (AvgIpc) is 2.71. The molecule has 6 nitrogen and oxygen atoms in total. The van der Waals surface area contributed by atoms with Crippen molar-refractivity contribution < 1.29 is 14.7 Å². The van der Waals surface area contributed by atoms with Crippen LogP contribution < -0.4 is 4.90 Å². The van der Waals surface area contributed by atoms with Gasteiger partial charge in [0.15, 0.2) is 0 Å². The van der Waals surface area contributed by atoms with Crippen LogP contribution in [0.5, 0.6) is 0 Å². The molecule has 1 aromatic rings. The summed E-state index contributed by atoms with van der Waals surface area (Å²) < 4.78 is 0. The number of rotatable bonds is 2. The van der Waals surface area contributed by atoms with Crippen molar-refractivity contribution in [2.24, 2.45) is 5.92 Å². The summed E-state index contributed by atoms with van der Waals surface area (Å²) in [6.45, 7) is 1.99. The van der Waals surface area contributed by atoms with Gasteiger partial charge in [-0.2, -0.15) is 0 Å². The standard InChI is InChI=1S/C8H9N3O3S/c1-4-9-10-8(15-4)11-3-5(7(13)14)2-6(11)12/h5H,2-3H2,1H3,(H,13,14). The number of carbonyl (C=O) groups is 2. The van der Waals surface area contributed by atoms with Gasteiger partial charge in [-0.25, -0.2) is 0 Å². The monoisotopic (exact) mass is 227 g/mol. The molecule has 15 heavy (non-hydrogen) atoms. The number of hydrogen-bond donors (Lipinski definition) is 1. The third-order valence-corrected chi connectivity index (χ3v) is 3.08. The number of amides is 1. The van der Waals surface area contributed by atoms with Crippen molar-refractivity contribution in [2.45, 2.75) is 13.3 Å². The van der Waals surface area contributed by atoms with Gasteiger partial charge in [0.2, 0.25) is 11.0 Å². The Morgan fingerprint density at radius 2 is 2.33 bits per heavy atom. The number of aromatic nitrogens is 2. The molecule has 0 spiro atoms. The van der Waals surface area contributed by atoms with E-state index in [0.29, 0.717) is 5.13 Å². The van der Waals surface area contributed by atoms with E-state index in [2.05, 4.69) is 10.2 Å². The number of carbonyl (C=O) groups excluding carboxylic acids is 1. The highest BCUT2D eigenvalue weighted by Crippen LogP contribution is 2.27. The summed E-state index contributed by atoms with van der Waals surface area (Å²) in [4.78, 5) is 23.6. The van der Waals surface area contributed by atoms with Gasteiger partial charge in [0.25, 0.3) is 0 Å². The molecule has 1 amide bonds. The van der Waals surface area contributed by atoms with Crippen LogP contribution in [0.3, 0.4) is 0 Å². The molecule has 1 aliphatic rings. The second-order valence-corrected chi connectivity index (χ2v) is 4.51. The summed E-state index contributed by atoms with van der Waals surface area (Å²) in [6, 6.07) is 0. The Morgan fingerprint density at radius 1 is 1.60 bits per heavy atom. The molecule has 1 fully saturated rings. The van der Waals surface area contributed by atoms with Crippen molar-refractivity contribution in [3.05, 3.63) is 5.01 Å². The first-order valence-electron chi connectivity index (χ1n) is 4.41. The van der Waals surface area contributed by atoms with Crippen LogP contribution in [0.15, 0.2) is 0 Å². The fourth-order valence-corrected chi connectivity index (χ4v) is 2.17. The second-order valence-electron chi connectivity index (χ2n) is 3.35. The highest BCUT2D eigenvalue weighted by Gasteiger charge is 2.36. The Morgan fingerprint density at radius 3 is 2.80 bits per heavy atom. The maximum absolute atomic E-state index is 11.5. The van der Waals surface area contributed by atoms with Crippen molar-refractivity contribution in [1.82, 2.24) is 10.2 Å². The molecule has 1 saturated heterocycles. The van der Waals surface area contributed by atoms with Crippen LogP contribution >= 0.6 is 11.3 Å². The van der Waals surface area contributed by atoms with Gasteiger partial charge in [0, 0.05) is 13.0 Å².